The van der Waals surface area contributed by atoms with Crippen LogP contribution in [0.15, 0.2) is 51.4 Å². The van der Waals surface area contributed by atoms with Gasteiger partial charge in [0.15, 0.2) is 5.78 Å². The number of hydrogen-bond donors (Lipinski definition) is 0. The average molecular weight is 431 g/mol. The molecule has 3 aliphatic carbocycles. The molecule has 5 heteroatoms. The molecule has 29 heavy (non-hydrogen) atoms. The van der Waals surface area contributed by atoms with Crippen LogP contribution in [0.25, 0.3) is 5.76 Å². The van der Waals surface area contributed by atoms with Crippen LogP contribution in [-0.4, -0.2) is 21.9 Å². The molecule has 1 saturated carbocycles. The van der Waals surface area contributed by atoms with E-state index in [1.165, 1.54) is 28.8 Å². The molecule has 0 bridgehead atoms. The average Bonchev–Trinajstić information content (AvgIpc) is 2.62. The Morgan fingerprint density at radius 1 is 0.897 bits per heavy atom. The number of ketones is 1. The molecule has 0 unspecified atom stereocenters. The maximum atomic E-state index is 13.8. The van der Waals surface area contributed by atoms with Gasteiger partial charge in [0.25, 0.3) is 0 Å². The van der Waals surface area contributed by atoms with Gasteiger partial charge in [0, 0.05) is 11.1 Å². The van der Waals surface area contributed by atoms with Gasteiger partial charge in [-0.1, -0.05) is 91.7 Å². The number of carbonyl (C=O) groups is 1. The van der Waals surface area contributed by atoms with Crippen LogP contribution in [-0.2, 0) is 0 Å². The molecule has 1 aromatic rings. The molecule has 0 heterocycles. The Morgan fingerprint density at radius 2 is 1.52 bits per heavy atom. The monoisotopic (exact) mass is 430 g/mol. The summed E-state index contributed by atoms with van der Waals surface area (Å²) >= 11 is 0. The molecule has 1 aromatic carbocycles. The number of benzene rings is 1. The molecule has 0 aliphatic heterocycles. The molecule has 0 amide bonds. The van der Waals surface area contributed by atoms with Crippen molar-refractivity contribution in [2.75, 3.05) is 0 Å². The third kappa shape index (κ3) is 3.65. The van der Waals surface area contributed by atoms with E-state index in [-0.39, 0.29) is 41.1 Å². The van der Waals surface area contributed by atoms with E-state index in [0.29, 0.717) is 17.0 Å². The van der Waals surface area contributed by atoms with Crippen molar-refractivity contribution in [1.29, 1.82) is 0 Å². The minimum Gasteiger partial charge on any atom is -0.872 e. The molecule has 3 aliphatic rings. The summed E-state index contributed by atoms with van der Waals surface area (Å²) in [4.78, 5) is 13.8. The second kappa shape index (κ2) is 7.79. The van der Waals surface area contributed by atoms with Crippen molar-refractivity contribution < 1.29 is 39.5 Å². The van der Waals surface area contributed by atoms with E-state index in [4.69, 9.17) is 0 Å². The van der Waals surface area contributed by atoms with Crippen LogP contribution in [0.4, 0.5) is 0 Å². The SMILES string of the molecule is C[Si](C)(C)C1=C2CCCC[C@@H]2C([Si](C)(C)C)=C2C(=O)c3ccccc3C([O-])=C21.[Na+]. The fraction of sp³-hybridized carbons (Fsp3) is 0.458. The summed E-state index contributed by atoms with van der Waals surface area (Å²) in [7, 11) is -3.59. The summed E-state index contributed by atoms with van der Waals surface area (Å²) in [5, 5.41) is 16.4. The van der Waals surface area contributed by atoms with Gasteiger partial charge in [0.05, 0.1) is 16.1 Å². The molecule has 0 radical (unpaired) electrons. The molecule has 2 nitrogen and oxygen atoms in total. The van der Waals surface area contributed by atoms with Crippen LogP contribution in [0.3, 0.4) is 0 Å². The van der Waals surface area contributed by atoms with Gasteiger partial charge < -0.3 is 5.11 Å². The van der Waals surface area contributed by atoms with Crippen molar-refractivity contribution in [3.05, 3.63) is 62.5 Å². The Balaban J connectivity index is 0.00000240. The Bertz CT molecular complexity index is 971. The van der Waals surface area contributed by atoms with Crippen LogP contribution in [0, 0.1) is 5.92 Å². The van der Waals surface area contributed by atoms with Crippen molar-refractivity contribution in [3.8, 4) is 0 Å². The Morgan fingerprint density at radius 3 is 2.10 bits per heavy atom. The Kier molecular flexibility index (Phi) is 6.19. The van der Waals surface area contributed by atoms with Crippen molar-refractivity contribution in [1.82, 2.24) is 0 Å². The predicted molar refractivity (Wildman–Crippen MR) is 120 cm³/mol. The van der Waals surface area contributed by atoms with Crippen LogP contribution >= 0.6 is 0 Å². The molecule has 1 atom stereocenters. The van der Waals surface area contributed by atoms with E-state index in [2.05, 4.69) is 39.3 Å². The van der Waals surface area contributed by atoms with E-state index in [1.807, 2.05) is 24.3 Å². The quantitative estimate of drug-likeness (QED) is 0.677. The topological polar surface area (TPSA) is 40.1 Å². The van der Waals surface area contributed by atoms with Gasteiger partial charge in [-0.25, -0.2) is 0 Å². The van der Waals surface area contributed by atoms with Gasteiger partial charge in [0.1, 0.15) is 0 Å². The fourth-order valence-electron chi connectivity index (χ4n) is 5.59. The molecule has 148 valence electrons. The largest absolute Gasteiger partial charge is 1.00 e. The standard InChI is InChI=1S/C24H32O2Si2.Na/c1-27(2,3)23-17-13-9-10-14-18(17)24(28(4,5)6)20-19(23)21(25)15-11-7-8-12-16(15)22(20)26;/h7-8,11-12,17,26H,9-10,13-14H2,1-6H3;/q;+1/p-1/t17-;/m0./s1. The van der Waals surface area contributed by atoms with E-state index >= 15 is 0 Å². The summed E-state index contributed by atoms with van der Waals surface area (Å²) in [5.41, 5.74) is 4.34. The summed E-state index contributed by atoms with van der Waals surface area (Å²) in [6.07, 6.45) is 4.67. The number of rotatable bonds is 2. The summed E-state index contributed by atoms with van der Waals surface area (Å²) in [6, 6.07) is 7.45. The number of fused-ring (bicyclic) bond motifs is 3. The van der Waals surface area contributed by atoms with E-state index < -0.39 is 16.1 Å². The van der Waals surface area contributed by atoms with Crippen LogP contribution in [0.1, 0.15) is 41.6 Å². The van der Waals surface area contributed by atoms with Gasteiger partial charge in [-0.2, -0.15) is 0 Å². The van der Waals surface area contributed by atoms with Gasteiger partial charge >= 0.3 is 29.6 Å². The van der Waals surface area contributed by atoms with Crippen LogP contribution in [0.2, 0.25) is 39.3 Å². The maximum Gasteiger partial charge on any atom is 1.00 e. The smallest absolute Gasteiger partial charge is 0.872 e. The molecular formula is C24H31NaO2Si2. The third-order valence-electron chi connectivity index (χ3n) is 6.48. The summed E-state index contributed by atoms with van der Waals surface area (Å²) in [6.45, 7) is 14.0. The zero-order valence-electron chi connectivity index (χ0n) is 19.0. The second-order valence-corrected chi connectivity index (χ2v) is 20.6. The molecule has 1 fully saturated rings. The first kappa shape index (κ1) is 23.0. The zero-order valence-corrected chi connectivity index (χ0v) is 23.0. The van der Waals surface area contributed by atoms with Gasteiger partial charge in [0.2, 0.25) is 0 Å². The molecule has 0 aromatic heterocycles. The molecule has 4 rings (SSSR count). The maximum absolute atomic E-state index is 13.8. The Labute approximate surface area is 199 Å². The van der Waals surface area contributed by atoms with Crippen molar-refractivity contribution in [2.45, 2.75) is 65.0 Å². The summed E-state index contributed by atoms with van der Waals surface area (Å²) in [5.74, 6) is 0.584. The van der Waals surface area contributed by atoms with Crippen LogP contribution in [0.5, 0.6) is 0 Å². The zero-order chi connectivity index (χ0) is 20.4. The van der Waals surface area contributed by atoms with E-state index in [9.17, 15) is 9.90 Å². The predicted octanol–water partition coefficient (Wildman–Crippen LogP) is 2.51. The molecule has 0 saturated heterocycles. The fourth-order valence-corrected chi connectivity index (χ4v) is 10.2. The minimum absolute atomic E-state index is 0. The van der Waals surface area contributed by atoms with Crippen molar-refractivity contribution in [3.63, 3.8) is 0 Å². The molecular weight excluding hydrogens is 399 g/mol. The first-order chi connectivity index (χ1) is 13.0. The first-order valence-electron chi connectivity index (χ1n) is 10.6. The first-order valence-corrected chi connectivity index (χ1v) is 17.6. The number of carbonyl (C=O) groups excluding carboxylic acids is 1. The Hall–Kier alpha value is -0.656. The summed E-state index contributed by atoms with van der Waals surface area (Å²) < 4.78 is 0. The van der Waals surface area contributed by atoms with Crippen molar-refractivity contribution in [2.24, 2.45) is 5.92 Å². The van der Waals surface area contributed by atoms with Crippen molar-refractivity contribution >= 4 is 27.7 Å². The van der Waals surface area contributed by atoms with Crippen LogP contribution < -0.4 is 34.7 Å². The normalized spacial score (nSPS) is 22.1. The molecule has 0 spiro atoms. The van der Waals surface area contributed by atoms with E-state index in [1.54, 1.807) is 0 Å². The van der Waals surface area contributed by atoms with E-state index in [0.717, 1.165) is 24.0 Å². The number of allylic oxidation sites excluding steroid dienone is 5. The van der Waals surface area contributed by atoms with Gasteiger partial charge in [-0.05, 0) is 36.3 Å². The number of Topliss-reactive ketones (excluding diaryl/α,β-unsaturated/α-hetero) is 1. The third-order valence-corrected chi connectivity index (χ3v) is 10.8. The minimum atomic E-state index is -1.80. The number of hydrogen-bond acceptors (Lipinski definition) is 2. The molecule has 0 N–H and O–H groups in total. The second-order valence-electron chi connectivity index (χ2n) is 10.6. The van der Waals surface area contributed by atoms with Gasteiger partial charge in [-0.3, -0.25) is 4.79 Å². The van der Waals surface area contributed by atoms with Gasteiger partial charge in [-0.15, -0.1) is 0 Å².